The number of rotatable bonds is 6. The van der Waals surface area contributed by atoms with E-state index in [0.717, 1.165) is 0 Å². The molecular formula is C24H23NO6S. The Bertz CT molecular complexity index is 1190. The molecule has 8 heteroatoms. The molecule has 3 aromatic rings. The Kier molecular flexibility index (Phi) is 6.27. The molecule has 32 heavy (non-hydrogen) atoms. The van der Waals surface area contributed by atoms with Crippen LogP contribution in [0.2, 0.25) is 0 Å². The zero-order valence-electron chi connectivity index (χ0n) is 17.2. The molecule has 0 spiro atoms. The van der Waals surface area contributed by atoms with E-state index in [1.54, 1.807) is 47.9 Å². The van der Waals surface area contributed by atoms with Crippen LogP contribution < -0.4 is 10.2 Å². The zero-order chi connectivity index (χ0) is 22.6. The molecule has 4 rings (SSSR count). The van der Waals surface area contributed by atoms with E-state index in [4.69, 9.17) is 9.47 Å². The normalized spacial score (nSPS) is 15.7. The third-order valence-corrected chi connectivity index (χ3v) is 7.52. The van der Waals surface area contributed by atoms with Crippen LogP contribution in [-0.2, 0) is 24.8 Å². The van der Waals surface area contributed by atoms with Crippen molar-refractivity contribution in [3.63, 3.8) is 0 Å². The summed E-state index contributed by atoms with van der Waals surface area (Å²) in [5.74, 6) is 0.504. The van der Waals surface area contributed by atoms with E-state index in [-0.39, 0.29) is 35.8 Å². The van der Waals surface area contributed by atoms with Gasteiger partial charge in [-0.1, -0.05) is 36.4 Å². The SMILES string of the molecule is O=C(NO)C1(c2ccccc2S(=O)(=O)c2ccc(Oc3ccccc3)cc2)CCOCC1. The Morgan fingerprint density at radius 1 is 0.875 bits per heavy atom. The van der Waals surface area contributed by atoms with E-state index in [1.807, 2.05) is 18.2 Å². The molecular weight excluding hydrogens is 430 g/mol. The minimum atomic E-state index is -3.95. The highest BCUT2D eigenvalue weighted by Gasteiger charge is 2.44. The Balaban J connectivity index is 1.71. The van der Waals surface area contributed by atoms with E-state index in [0.29, 0.717) is 17.1 Å². The number of ether oxygens (including phenoxy) is 2. The molecule has 0 atom stereocenters. The van der Waals surface area contributed by atoms with Crippen LogP contribution in [0.5, 0.6) is 11.5 Å². The van der Waals surface area contributed by atoms with Crippen molar-refractivity contribution in [3.05, 3.63) is 84.4 Å². The van der Waals surface area contributed by atoms with Gasteiger partial charge in [-0.2, -0.15) is 0 Å². The minimum absolute atomic E-state index is 0.0298. The van der Waals surface area contributed by atoms with Crippen molar-refractivity contribution in [1.82, 2.24) is 5.48 Å². The summed E-state index contributed by atoms with van der Waals surface area (Å²) in [6, 6.07) is 21.7. The lowest BCUT2D eigenvalue weighted by Gasteiger charge is -2.36. The van der Waals surface area contributed by atoms with Crippen molar-refractivity contribution < 1.29 is 27.9 Å². The molecule has 0 aliphatic carbocycles. The molecule has 0 aromatic heterocycles. The first kappa shape index (κ1) is 22.0. The predicted molar refractivity (Wildman–Crippen MR) is 117 cm³/mol. The zero-order valence-corrected chi connectivity index (χ0v) is 18.0. The van der Waals surface area contributed by atoms with Crippen molar-refractivity contribution in [3.8, 4) is 11.5 Å². The molecule has 0 radical (unpaired) electrons. The lowest BCUT2D eigenvalue weighted by atomic mass is 9.73. The van der Waals surface area contributed by atoms with Crippen LogP contribution in [0.4, 0.5) is 0 Å². The summed E-state index contributed by atoms with van der Waals surface area (Å²) in [5.41, 5.74) is 0.863. The average Bonchev–Trinajstić information content (AvgIpc) is 2.85. The number of hydroxylamine groups is 1. The van der Waals surface area contributed by atoms with Crippen molar-refractivity contribution in [1.29, 1.82) is 0 Å². The van der Waals surface area contributed by atoms with E-state index in [1.165, 1.54) is 18.2 Å². The van der Waals surface area contributed by atoms with Crippen molar-refractivity contribution in [2.45, 2.75) is 28.0 Å². The van der Waals surface area contributed by atoms with Gasteiger partial charge in [-0.15, -0.1) is 0 Å². The summed E-state index contributed by atoms with van der Waals surface area (Å²) in [6.07, 6.45) is 0.519. The van der Waals surface area contributed by atoms with Crippen LogP contribution >= 0.6 is 0 Å². The van der Waals surface area contributed by atoms with E-state index in [9.17, 15) is 18.4 Å². The quantitative estimate of drug-likeness (QED) is 0.434. The van der Waals surface area contributed by atoms with Crippen molar-refractivity contribution in [2.24, 2.45) is 0 Å². The first-order chi connectivity index (χ1) is 15.5. The fraction of sp³-hybridized carbons (Fsp3) is 0.208. The van der Waals surface area contributed by atoms with Gasteiger partial charge in [0.1, 0.15) is 11.5 Å². The Hall–Kier alpha value is -3.20. The maximum absolute atomic E-state index is 13.6. The van der Waals surface area contributed by atoms with Crippen molar-refractivity contribution >= 4 is 15.7 Å². The van der Waals surface area contributed by atoms with Crippen LogP contribution in [0.3, 0.4) is 0 Å². The average molecular weight is 454 g/mol. The van der Waals surface area contributed by atoms with Gasteiger partial charge in [-0.05, 0) is 60.9 Å². The van der Waals surface area contributed by atoms with Gasteiger partial charge in [0.05, 0.1) is 15.2 Å². The van der Waals surface area contributed by atoms with Gasteiger partial charge in [0.2, 0.25) is 9.84 Å². The van der Waals surface area contributed by atoms with Crippen LogP contribution in [-0.4, -0.2) is 32.7 Å². The third kappa shape index (κ3) is 4.12. The van der Waals surface area contributed by atoms with E-state index >= 15 is 0 Å². The molecule has 2 N–H and O–H groups in total. The molecule has 7 nitrogen and oxygen atoms in total. The summed E-state index contributed by atoms with van der Waals surface area (Å²) in [5, 5.41) is 9.37. The number of nitrogens with one attached hydrogen (secondary N) is 1. The monoisotopic (exact) mass is 453 g/mol. The van der Waals surface area contributed by atoms with E-state index < -0.39 is 21.2 Å². The summed E-state index contributed by atoms with van der Waals surface area (Å²) in [6.45, 7) is 0.570. The number of benzene rings is 3. The molecule has 1 amide bonds. The van der Waals surface area contributed by atoms with E-state index in [2.05, 4.69) is 0 Å². The number of hydrogen-bond donors (Lipinski definition) is 2. The molecule has 1 fully saturated rings. The molecule has 1 saturated heterocycles. The third-order valence-electron chi connectivity index (χ3n) is 5.69. The molecule has 0 bridgehead atoms. The van der Waals surface area contributed by atoms with Crippen LogP contribution in [0.25, 0.3) is 0 Å². The molecule has 1 aliphatic rings. The fourth-order valence-corrected chi connectivity index (χ4v) is 5.54. The Labute approximate surface area is 186 Å². The van der Waals surface area contributed by atoms with Gasteiger partial charge < -0.3 is 9.47 Å². The summed E-state index contributed by atoms with van der Waals surface area (Å²) < 4.78 is 38.2. The summed E-state index contributed by atoms with van der Waals surface area (Å²) in [4.78, 5) is 12.8. The maximum atomic E-state index is 13.6. The first-order valence-electron chi connectivity index (χ1n) is 10.2. The van der Waals surface area contributed by atoms with Gasteiger partial charge in [0.25, 0.3) is 5.91 Å². The van der Waals surface area contributed by atoms with Gasteiger partial charge in [-0.25, -0.2) is 13.9 Å². The number of carbonyl (C=O) groups excluding carboxylic acids is 1. The second kappa shape index (κ2) is 9.12. The molecule has 1 aliphatic heterocycles. The smallest absolute Gasteiger partial charge is 0.254 e. The van der Waals surface area contributed by atoms with Gasteiger partial charge in [-0.3, -0.25) is 10.0 Å². The number of sulfone groups is 1. The molecule has 0 unspecified atom stereocenters. The lowest BCUT2D eigenvalue weighted by molar-refractivity contribution is -0.139. The fourth-order valence-electron chi connectivity index (χ4n) is 3.98. The first-order valence-corrected chi connectivity index (χ1v) is 11.7. The topological polar surface area (TPSA) is 102 Å². The Morgan fingerprint density at radius 2 is 1.47 bits per heavy atom. The highest BCUT2D eigenvalue weighted by Crippen LogP contribution is 2.40. The number of hydrogen-bond acceptors (Lipinski definition) is 6. The minimum Gasteiger partial charge on any atom is -0.457 e. The second-order valence-corrected chi connectivity index (χ2v) is 9.44. The van der Waals surface area contributed by atoms with Gasteiger partial charge >= 0.3 is 0 Å². The van der Waals surface area contributed by atoms with Crippen LogP contribution in [0.15, 0.2) is 88.7 Å². The Morgan fingerprint density at radius 3 is 2.12 bits per heavy atom. The van der Waals surface area contributed by atoms with Crippen molar-refractivity contribution in [2.75, 3.05) is 13.2 Å². The van der Waals surface area contributed by atoms with Gasteiger partial charge in [0.15, 0.2) is 0 Å². The second-order valence-electron chi connectivity index (χ2n) is 7.52. The highest BCUT2D eigenvalue weighted by atomic mass is 32.2. The summed E-state index contributed by atoms with van der Waals surface area (Å²) >= 11 is 0. The molecule has 3 aromatic carbocycles. The maximum Gasteiger partial charge on any atom is 0.254 e. The van der Waals surface area contributed by atoms with Crippen LogP contribution in [0, 0.1) is 0 Å². The van der Waals surface area contributed by atoms with Gasteiger partial charge in [0, 0.05) is 13.2 Å². The number of para-hydroxylation sites is 1. The lowest BCUT2D eigenvalue weighted by Crippen LogP contribution is -2.47. The highest BCUT2D eigenvalue weighted by molar-refractivity contribution is 7.91. The molecule has 1 heterocycles. The predicted octanol–water partition coefficient (Wildman–Crippen LogP) is 3.87. The standard InChI is InChI=1S/C24H23NO6S/c26-23(25-27)24(14-16-30-17-15-24)21-8-4-5-9-22(21)32(28,29)20-12-10-19(11-13-20)31-18-6-2-1-3-7-18/h1-13,27H,14-17H2,(H,25,26). The van der Waals surface area contributed by atoms with Crippen LogP contribution in [0.1, 0.15) is 18.4 Å². The molecule has 0 saturated carbocycles. The number of amides is 1. The number of carbonyl (C=O) groups is 1. The summed E-state index contributed by atoms with van der Waals surface area (Å²) in [7, 11) is -3.95. The largest absolute Gasteiger partial charge is 0.457 e. The molecule has 166 valence electrons.